The molecule has 1 N–H and O–H groups in total. The van der Waals surface area contributed by atoms with Gasteiger partial charge in [0.2, 0.25) is 0 Å². The molecule has 0 fully saturated rings. The number of carbonyl (C=O) groups excluding carboxylic acids is 1. The molecule has 5 heterocycles. The molecule has 1 aliphatic rings. The maximum absolute atomic E-state index is 14.5. The fraction of sp³-hybridized carbons (Fsp3) is 0.154. The summed E-state index contributed by atoms with van der Waals surface area (Å²) in [7, 11) is 1.59. The minimum atomic E-state index is -0.746. The van der Waals surface area contributed by atoms with Crippen molar-refractivity contribution in [2.24, 2.45) is 7.05 Å². The third-order valence-corrected chi connectivity index (χ3v) is 6.37. The van der Waals surface area contributed by atoms with E-state index in [1.807, 2.05) is 10.7 Å². The number of pyridine rings is 2. The lowest BCUT2D eigenvalue weighted by molar-refractivity contribution is 0.0801. The molecule has 0 bridgehead atoms. The fourth-order valence-electron chi connectivity index (χ4n) is 4.54. The Morgan fingerprint density at radius 3 is 2.84 bits per heavy atom. The van der Waals surface area contributed by atoms with E-state index in [9.17, 15) is 18.8 Å². The number of anilines is 2. The molecule has 0 radical (unpaired) electrons. The van der Waals surface area contributed by atoms with Crippen LogP contribution in [0.2, 0.25) is 0 Å². The first kappa shape index (κ1) is 23.4. The number of aryl methyl sites for hydroxylation is 1. The van der Waals surface area contributed by atoms with E-state index in [0.29, 0.717) is 48.4 Å². The molecule has 0 atom stereocenters. The molecule has 12 heteroatoms. The highest BCUT2D eigenvalue weighted by Crippen LogP contribution is 2.27. The number of carbonyl (C=O) groups is 1. The number of hydrogen-bond donors (Lipinski definition) is 1. The molecule has 11 nitrogen and oxygen atoms in total. The lowest BCUT2D eigenvalue weighted by Crippen LogP contribution is -2.24. The van der Waals surface area contributed by atoms with Crippen molar-refractivity contribution in [3.8, 4) is 16.9 Å². The number of nitrogens with zero attached hydrogens (tertiary/aromatic N) is 6. The zero-order chi connectivity index (χ0) is 26.4. The Kier molecular flexibility index (Phi) is 5.65. The summed E-state index contributed by atoms with van der Waals surface area (Å²) in [5, 5.41) is 11.8. The van der Waals surface area contributed by atoms with Crippen molar-refractivity contribution >= 4 is 28.6 Å². The van der Waals surface area contributed by atoms with E-state index in [-0.39, 0.29) is 28.0 Å². The summed E-state index contributed by atoms with van der Waals surface area (Å²) in [5.41, 5.74) is 1.04. The van der Waals surface area contributed by atoms with E-state index in [1.165, 1.54) is 29.1 Å². The summed E-state index contributed by atoms with van der Waals surface area (Å²) in [6.07, 6.45) is 4.88. The summed E-state index contributed by atoms with van der Waals surface area (Å²) in [6.45, 7) is 1.61. The van der Waals surface area contributed by atoms with Gasteiger partial charge in [0.25, 0.3) is 11.1 Å². The second-order valence-corrected chi connectivity index (χ2v) is 8.76. The number of benzene rings is 1. The summed E-state index contributed by atoms with van der Waals surface area (Å²) in [6, 6.07) is 9.24. The normalized spacial score (nSPS) is 12.9. The smallest absolute Gasteiger partial charge is 0.283 e. The molecular weight excluding hydrogens is 493 g/mol. The SMILES string of the molecule is Cn1cc(-c2ccnc(-n3ncc4cccc(F)c4c3=O)c2C=O)cc(Nc2cc3n(n2)CCOC3)c1=O. The van der Waals surface area contributed by atoms with Gasteiger partial charge in [-0.15, -0.1) is 0 Å². The summed E-state index contributed by atoms with van der Waals surface area (Å²) in [4.78, 5) is 42.6. The third kappa shape index (κ3) is 3.87. The number of halogens is 1. The van der Waals surface area contributed by atoms with Gasteiger partial charge in [-0.05, 0) is 23.8 Å². The van der Waals surface area contributed by atoms with E-state index in [1.54, 1.807) is 31.4 Å². The lowest BCUT2D eigenvalue weighted by atomic mass is 10.0. The van der Waals surface area contributed by atoms with Crippen LogP contribution in [0.5, 0.6) is 0 Å². The number of hydrogen-bond acceptors (Lipinski definition) is 8. The van der Waals surface area contributed by atoms with Gasteiger partial charge in [0, 0.05) is 36.5 Å². The van der Waals surface area contributed by atoms with Crippen molar-refractivity contribution in [1.29, 1.82) is 0 Å². The number of aldehydes is 1. The second kappa shape index (κ2) is 9.16. The fourth-order valence-corrected chi connectivity index (χ4v) is 4.54. The highest BCUT2D eigenvalue weighted by atomic mass is 19.1. The lowest BCUT2D eigenvalue weighted by Gasteiger charge is -2.14. The van der Waals surface area contributed by atoms with Crippen molar-refractivity contribution in [3.63, 3.8) is 0 Å². The van der Waals surface area contributed by atoms with Crippen LogP contribution < -0.4 is 16.4 Å². The molecule has 190 valence electrons. The zero-order valence-corrected chi connectivity index (χ0v) is 20.1. The van der Waals surface area contributed by atoms with Crippen LogP contribution in [0.4, 0.5) is 15.9 Å². The van der Waals surface area contributed by atoms with Crippen LogP contribution in [0.15, 0.2) is 64.6 Å². The molecule has 4 aromatic heterocycles. The van der Waals surface area contributed by atoms with Crippen LogP contribution in [0.1, 0.15) is 16.1 Å². The number of rotatable bonds is 5. The van der Waals surface area contributed by atoms with Crippen LogP contribution in [0.25, 0.3) is 27.7 Å². The van der Waals surface area contributed by atoms with E-state index in [2.05, 4.69) is 20.5 Å². The standard InChI is InChI=1S/C26H20FN7O4/c1-32-12-16(9-21(25(32)36)30-22-10-17-14-38-8-7-33(17)31-22)18-5-6-28-24(19(18)13-35)34-26(37)23-15(11-29-34)3-2-4-20(23)27/h2-6,9-13H,7-8,14H2,1H3,(H,30,31). The van der Waals surface area contributed by atoms with Gasteiger partial charge >= 0.3 is 0 Å². The zero-order valence-electron chi connectivity index (χ0n) is 20.1. The van der Waals surface area contributed by atoms with Gasteiger partial charge in [-0.1, -0.05) is 12.1 Å². The Hall–Kier alpha value is -4.97. The van der Waals surface area contributed by atoms with E-state index < -0.39 is 11.4 Å². The Labute approximate surface area is 213 Å². The van der Waals surface area contributed by atoms with Crippen molar-refractivity contribution in [3.05, 3.63) is 92.8 Å². The van der Waals surface area contributed by atoms with E-state index in [4.69, 9.17) is 4.74 Å². The number of aromatic nitrogens is 6. The monoisotopic (exact) mass is 513 g/mol. The van der Waals surface area contributed by atoms with Crippen LogP contribution in [0, 0.1) is 5.82 Å². The molecular formula is C26H20FN7O4. The van der Waals surface area contributed by atoms with Crippen molar-refractivity contribution < 1.29 is 13.9 Å². The maximum Gasteiger partial charge on any atom is 0.283 e. The van der Waals surface area contributed by atoms with E-state index in [0.717, 1.165) is 10.4 Å². The summed E-state index contributed by atoms with van der Waals surface area (Å²) in [5.74, 6) is -0.272. The first-order valence-corrected chi connectivity index (χ1v) is 11.7. The first-order valence-electron chi connectivity index (χ1n) is 11.7. The van der Waals surface area contributed by atoms with Gasteiger partial charge in [-0.2, -0.15) is 14.9 Å². The average molecular weight is 513 g/mol. The van der Waals surface area contributed by atoms with Crippen LogP contribution in [0.3, 0.4) is 0 Å². The molecule has 0 aliphatic carbocycles. The quantitative estimate of drug-likeness (QED) is 0.356. The van der Waals surface area contributed by atoms with Gasteiger partial charge in [0.05, 0.1) is 42.6 Å². The summed E-state index contributed by atoms with van der Waals surface area (Å²) >= 11 is 0. The molecule has 0 unspecified atom stereocenters. The van der Waals surface area contributed by atoms with Gasteiger partial charge in [0.1, 0.15) is 11.5 Å². The predicted octanol–water partition coefficient (Wildman–Crippen LogP) is 2.57. The molecule has 1 aliphatic heterocycles. The van der Waals surface area contributed by atoms with E-state index >= 15 is 0 Å². The summed E-state index contributed by atoms with van der Waals surface area (Å²) < 4.78 is 24.0. The van der Waals surface area contributed by atoms with Crippen LogP contribution in [-0.4, -0.2) is 42.0 Å². The Morgan fingerprint density at radius 2 is 2.03 bits per heavy atom. The number of nitrogens with one attached hydrogen (secondary N) is 1. The molecule has 5 aromatic rings. The van der Waals surface area contributed by atoms with Crippen molar-refractivity contribution in [2.45, 2.75) is 13.2 Å². The molecule has 38 heavy (non-hydrogen) atoms. The van der Waals surface area contributed by atoms with Crippen LogP contribution >= 0.6 is 0 Å². The molecule has 0 spiro atoms. The Morgan fingerprint density at radius 1 is 1.16 bits per heavy atom. The average Bonchev–Trinajstić information content (AvgIpc) is 3.33. The van der Waals surface area contributed by atoms with Gasteiger partial charge in [0.15, 0.2) is 17.9 Å². The van der Waals surface area contributed by atoms with Gasteiger partial charge in [-0.25, -0.2) is 9.37 Å². The Balaban J connectivity index is 1.47. The van der Waals surface area contributed by atoms with Crippen molar-refractivity contribution in [2.75, 3.05) is 11.9 Å². The highest BCUT2D eigenvalue weighted by Gasteiger charge is 2.19. The topological polar surface area (TPSA) is 126 Å². The maximum atomic E-state index is 14.5. The van der Waals surface area contributed by atoms with Gasteiger partial charge in [-0.3, -0.25) is 19.1 Å². The third-order valence-electron chi connectivity index (χ3n) is 6.37. The molecule has 0 amide bonds. The van der Waals surface area contributed by atoms with Crippen molar-refractivity contribution in [1.82, 2.24) is 29.1 Å². The first-order chi connectivity index (χ1) is 18.4. The van der Waals surface area contributed by atoms with Gasteiger partial charge < -0.3 is 14.6 Å². The largest absolute Gasteiger partial charge is 0.373 e. The minimum absolute atomic E-state index is 0.0528. The molecule has 0 saturated heterocycles. The molecule has 6 rings (SSSR count). The number of fused-ring (bicyclic) bond motifs is 2. The minimum Gasteiger partial charge on any atom is -0.373 e. The predicted molar refractivity (Wildman–Crippen MR) is 136 cm³/mol. The second-order valence-electron chi connectivity index (χ2n) is 8.76. The number of ether oxygens (including phenoxy) is 1. The van der Waals surface area contributed by atoms with Crippen LogP contribution in [-0.2, 0) is 24.9 Å². The molecule has 1 aromatic carbocycles. The Bertz CT molecular complexity index is 1830. The highest BCUT2D eigenvalue weighted by molar-refractivity contribution is 5.92. The molecule has 0 saturated carbocycles.